The highest BCUT2D eigenvalue weighted by atomic mass is 35.5. The molecule has 0 saturated heterocycles. The predicted molar refractivity (Wildman–Crippen MR) is 102 cm³/mol. The number of nitrogens with one attached hydrogen (secondary N) is 1. The molecule has 1 amide bonds. The van der Waals surface area contributed by atoms with Gasteiger partial charge in [-0.3, -0.25) is 4.79 Å². The van der Waals surface area contributed by atoms with Crippen LogP contribution in [0.5, 0.6) is 0 Å². The van der Waals surface area contributed by atoms with Crippen LogP contribution in [0.25, 0.3) is 0 Å². The zero-order valence-electron chi connectivity index (χ0n) is 17.0. The molecule has 4 nitrogen and oxygen atoms in total. The maximum atomic E-state index is 11.7. The van der Waals surface area contributed by atoms with Gasteiger partial charge in [0.2, 0.25) is 5.91 Å². The smallest absolute Gasteiger partial charge is 0.246 e. The Morgan fingerprint density at radius 2 is 1.40 bits per heavy atom. The number of hydrogen-bond donors (Lipinski definition) is 3. The summed E-state index contributed by atoms with van der Waals surface area (Å²) >= 11 is 0. The van der Waals surface area contributed by atoms with Gasteiger partial charge in [0, 0.05) is 12.0 Å². The average molecular weight is 400 g/mol. The van der Waals surface area contributed by atoms with E-state index in [-0.39, 0.29) is 42.9 Å². The minimum atomic E-state index is -0.0346. The summed E-state index contributed by atoms with van der Waals surface area (Å²) in [6, 6.07) is 0.482. The van der Waals surface area contributed by atoms with E-state index in [1.54, 1.807) is 6.92 Å². The lowest BCUT2D eigenvalue weighted by molar-refractivity contribution is -0.427. The molecule has 2 atom stereocenters. The number of carbonyl (C=O) groups is 1. The largest absolute Gasteiger partial charge is 1.00 e. The first-order chi connectivity index (χ1) is 10.5. The lowest BCUT2D eigenvalue weighted by atomic mass is 9.98. The summed E-state index contributed by atoms with van der Waals surface area (Å²) < 4.78 is 0. The van der Waals surface area contributed by atoms with Gasteiger partial charge in [0.15, 0.2) is 0 Å². The average Bonchev–Trinajstić information content (AvgIpc) is 2.50. The van der Waals surface area contributed by atoms with Gasteiger partial charge in [-0.15, -0.1) is 0 Å². The molecular weight excluding hydrogens is 357 g/mol. The number of unbranched alkanes of at least 4 members (excludes halogenated alkanes) is 8. The van der Waals surface area contributed by atoms with Crippen molar-refractivity contribution in [2.45, 2.75) is 103 Å². The summed E-state index contributed by atoms with van der Waals surface area (Å²) in [5, 5.41) is 3.05. The van der Waals surface area contributed by atoms with E-state index in [2.05, 4.69) is 31.5 Å². The Bertz CT molecular complexity index is 315. The molecule has 0 rings (SSSR count). The molecule has 0 fully saturated rings. The molecule has 0 saturated carbocycles. The van der Waals surface area contributed by atoms with Gasteiger partial charge >= 0.3 is 0 Å². The second-order valence-corrected chi connectivity index (χ2v) is 6.65. The van der Waals surface area contributed by atoms with Gasteiger partial charge in [-0.2, -0.15) is 0 Å². The first-order valence-corrected chi connectivity index (χ1v) is 9.32. The highest BCUT2D eigenvalue weighted by molar-refractivity contribution is 5.92. The number of hydrogen-bond acceptors (Lipinski definition) is 1. The van der Waals surface area contributed by atoms with Crippen molar-refractivity contribution in [2.75, 3.05) is 0 Å². The Kier molecular flexibility index (Phi) is 28.2. The topological polar surface area (TPSA) is 93.2 Å². The van der Waals surface area contributed by atoms with Crippen LogP contribution in [0, 0.1) is 0 Å². The molecular formula is C19H43Cl2N3O. The predicted octanol–water partition coefficient (Wildman–Crippen LogP) is -1.63. The van der Waals surface area contributed by atoms with Crippen LogP contribution < -0.4 is 42.0 Å². The molecule has 0 heterocycles. The molecule has 0 aliphatic carbocycles. The molecule has 25 heavy (non-hydrogen) atoms. The van der Waals surface area contributed by atoms with Gasteiger partial charge in [0.1, 0.15) is 6.04 Å². The minimum absolute atomic E-state index is 0. The Balaban J connectivity index is -0.000000735. The van der Waals surface area contributed by atoms with Crippen LogP contribution in [-0.4, -0.2) is 18.0 Å². The van der Waals surface area contributed by atoms with Gasteiger partial charge < -0.3 is 42.0 Å². The molecule has 0 aromatic heterocycles. The third kappa shape index (κ3) is 18.3. The van der Waals surface area contributed by atoms with Gasteiger partial charge in [-0.05, 0) is 19.8 Å². The van der Waals surface area contributed by atoms with E-state index in [9.17, 15) is 4.79 Å². The maximum Gasteiger partial charge on any atom is 0.246 e. The Morgan fingerprint density at radius 3 is 1.80 bits per heavy atom. The van der Waals surface area contributed by atoms with Crippen molar-refractivity contribution in [3.05, 3.63) is 12.2 Å². The Morgan fingerprint density at radius 1 is 0.960 bits per heavy atom. The minimum Gasteiger partial charge on any atom is -1.00 e. The summed E-state index contributed by atoms with van der Waals surface area (Å²) in [6.07, 6.45) is 14.2. The second kappa shape index (κ2) is 21.8. The van der Waals surface area contributed by atoms with Crippen LogP contribution in [0.3, 0.4) is 0 Å². The molecule has 0 aromatic rings. The molecule has 0 spiro atoms. The van der Waals surface area contributed by atoms with Crippen LogP contribution in [-0.2, 0) is 4.79 Å². The van der Waals surface area contributed by atoms with Gasteiger partial charge in [-0.25, -0.2) is 0 Å². The zero-order valence-corrected chi connectivity index (χ0v) is 18.5. The van der Waals surface area contributed by atoms with Crippen molar-refractivity contribution in [3.8, 4) is 0 Å². The van der Waals surface area contributed by atoms with E-state index in [4.69, 9.17) is 0 Å². The first-order valence-electron chi connectivity index (χ1n) is 9.32. The van der Waals surface area contributed by atoms with E-state index < -0.39 is 0 Å². The number of amides is 1. The second-order valence-electron chi connectivity index (χ2n) is 6.65. The highest BCUT2D eigenvalue weighted by Gasteiger charge is 2.20. The molecule has 0 radical (unpaired) electrons. The summed E-state index contributed by atoms with van der Waals surface area (Å²) in [6.45, 7) is 9.81. The molecule has 0 bridgehead atoms. The van der Waals surface area contributed by atoms with Crippen LogP contribution in [0.1, 0.15) is 91.4 Å². The van der Waals surface area contributed by atoms with Crippen molar-refractivity contribution in [2.24, 2.45) is 0 Å². The SMILES string of the molecule is C=C(C)C(=O)NC(CC)C([NH3+])CCCCCCCCCCC.[Cl-].[Cl-].[NH4+]. The monoisotopic (exact) mass is 399 g/mol. The van der Waals surface area contributed by atoms with Crippen molar-refractivity contribution < 1.29 is 35.3 Å². The van der Waals surface area contributed by atoms with E-state index in [1.165, 1.54) is 57.8 Å². The van der Waals surface area contributed by atoms with Crippen LogP contribution >= 0.6 is 0 Å². The van der Waals surface area contributed by atoms with Crippen LogP contribution in [0.4, 0.5) is 0 Å². The molecule has 2 unspecified atom stereocenters. The van der Waals surface area contributed by atoms with E-state index in [1.807, 2.05) is 0 Å². The summed E-state index contributed by atoms with van der Waals surface area (Å²) in [5.41, 5.74) is 4.82. The molecule has 0 aliphatic heterocycles. The van der Waals surface area contributed by atoms with Crippen molar-refractivity contribution >= 4 is 5.91 Å². The fourth-order valence-electron chi connectivity index (χ4n) is 2.76. The number of halogens is 2. The van der Waals surface area contributed by atoms with Crippen LogP contribution in [0.2, 0.25) is 0 Å². The highest BCUT2D eigenvalue weighted by Crippen LogP contribution is 2.12. The number of quaternary nitrogens is 2. The van der Waals surface area contributed by atoms with E-state index >= 15 is 0 Å². The standard InChI is InChI=1S/C19H38N2O.2ClH.H3N/c1-5-7-8-9-10-11-12-13-14-15-17(20)18(6-2)21-19(22)16(3)4;;;/h17-18H,3,5-15,20H2,1-2,4H3,(H,21,22);2*1H;1H3. The van der Waals surface area contributed by atoms with Crippen molar-refractivity contribution in [1.82, 2.24) is 11.5 Å². The third-order valence-electron chi connectivity index (χ3n) is 4.39. The Hall–Kier alpha value is -0.290. The number of carbonyl (C=O) groups excluding carboxylic acids is 1. The van der Waals surface area contributed by atoms with Gasteiger partial charge in [0.05, 0.1) is 6.04 Å². The zero-order chi connectivity index (χ0) is 16.8. The lowest BCUT2D eigenvalue weighted by Crippen LogP contribution is -3.00. The lowest BCUT2D eigenvalue weighted by Gasteiger charge is -2.21. The molecule has 8 N–H and O–H groups in total. The fourth-order valence-corrected chi connectivity index (χ4v) is 2.76. The molecule has 0 aromatic carbocycles. The van der Waals surface area contributed by atoms with E-state index in [0.29, 0.717) is 11.6 Å². The van der Waals surface area contributed by atoms with Crippen molar-refractivity contribution in [1.29, 1.82) is 0 Å². The molecule has 154 valence electrons. The summed E-state index contributed by atoms with van der Waals surface area (Å²) in [7, 11) is 0. The first kappa shape index (κ1) is 32.4. The van der Waals surface area contributed by atoms with Crippen LogP contribution in [0.15, 0.2) is 12.2 Å². The normalized spacial score (nSPS) is 12.0. The quantitative estimate of drug-likeness (QED) is 0.237. The van der Waals surface area contributed by atoms with E-state index in [0.717, 1.165) is 12.8 Å². The maximum absolute atomic E-state index is 11.7. The Labute approximate surface area is 168 Å². The van der Waals surface area contributed by atoms with Crippen molar-refractivity contribution in [3.63, 3.8) is 0 Å². The van der Waals surface area contributed by atoms with Gasteiger partial charge in [0.25, 0.3) is 0 Å². The third-order valence-corrected chi connectivity index (χ3v) is 4.39. The molecule has 6 heteroatoms. The summed E-state index contributed by atoms with van der Waals surface area (Å²) in [5.74, 6) is -0.0346. The fraction of sp³-hybridized carbons (Fsp3) is 0.842. The number of rotatable bonds is 14. The molecule has 0 aliphatic rings. The van der Waals surface area contributed by atoms with Gasteiger partial charge in [-0.1, -0.05) is 71.8 Å². The summed E-state index contributed by atoms with van der Waals surface area (Å²) in [4.78, 5) is 11.7.